The molecule has 32 heavy (non-hydrogen) atoms. The first-order valence-electron chi connectivity index (χ1n) is 11.1. The van der Waals surface area contributed by atoms with Crippen LogP contribution < -0.4 is 10.6 Å². The van der Waals surface area contributed by atoms with E-state index in [4.69, 9.17) is 5.11 Å². The number of carboxylic acids is 1. The maximum Gasteiger partial charge on any atom is 0.335 e. The van der Waals surface area contributed by atoms with E-state index in [1.807, 2.05) is 19.1 Å². The highest BCUT2D eigenvalue weighted by molar-refractivity contribution is 6.05. The number of hydrogen-bond donors (Lipinski definition) is 3. The molecule has 0 radical (unpaired) electrons. The first kappa shape index (κ1) is 21.6. The van der Waals surface area contributed by atoms with Crippen molar-refractivity contribution in [3.8, 4) is 0 Å². The van der Waals surface area contributed by atoms with E-state index in [-0.39, 0.29) is 11.5 Å². The summed E-state index contributed by atoms with van der Waals surface area (Å²) in [4.78, 5) is 23.7. The SMILES string of the molecule is Cc1cc(C(=O)Nc2cccc(C(=O)O)c2)ccc1Nc1ccc(C2CCCCC2)cc1. The van der Waals surface area contributed by atoms with Gasteiger partial charge in [0, 0.05) is 22.6 Å². The van der Waals surface area contributed by atoms with Gasteiger partial charge in [-0.2, -0.15) is 0 Å². The summed E-state index contributed by atoms with van der Waals surface area (Å²) in [5.74, 6) is -0.619. The van der Waals surface area contributed by atoms with Gasteiger partial charge in [-0.15, -0.1) is 0 Å². The minimum atomic E-state index is -1.03. The number of benzene rings is 3. The maximum atomic E-state index is 12.6. The second-order valence-corrected chi connectivity index (χ2v) is 8.45. The van der Waals surface area contributed by atoms with Crippen molar-refractivity contribution >= 4 is 28.9 Å². The monoisotopic (exact) mass is 428 g/mol. The molecule has 0 aliphatic heterocycles. The molecule has 1 amide bonds. The second kappa shape index (κ2) is 9.69. The largest absolute Gasteiger partial charge is 0.478 e. The van der Waals surface area contributed by atoms with E-state index < -0.39 is 5.97 Å². The quantitative estimate of drug-likeness (QED) is 0.406. The second-order valence-electron chi connectivity index (χ2n) is 8.45. The molecule has 164 valence electrons. The fourth-order valence-corrected chi connectivity index (χ4v) is 4.31. The highest BCUT2D eigenvalue weighted by atomic mass is 16.4. The number of anilines is 3. The topological polar surface area (TPSA) is 78.4 Å². The van der Waals surface area contributed by atoms with E-state index in [0.29, 0.717) is 17.2 Å². The average Bonchev–Trinajstić information content (AvgIpc) is 2.81. The van der Waals surface area contributed by atoms with Crippen molar-refractivity contribution in [3.05, 3.63) is 89.0 Å². The maximum absolute atomic E-state index is 12.6. The summed E-state index contributed by atoms with van der Waals surface area (Å²) in [6, 6.07) is 20.4. The fraction of sp³-hybridized carbons (Fsp3) is 0.259. The Hall–Kier alpha value is -3.60. The zero-order valence-corrected chi connectivity index (χ0v) is 18.2. The number of rotatable bonds is 6. The first-order chi connectivity index (χ1) is 15.5. The number of carboxylic acid groups (broad SMARTS) is 1. The van der Waals surface area contributed by atoms with Gasteiger partial charge in [0.05, 0.1) is 5.56 Å². The van der Waals surface area contributed by atoms with Crippen molar-refractivity contribution < 1.29 is 14.7 Å². The van der Waals surface area contributed by atoms with Crippen LogP contribution in [0.3, 0.4) is 0 Å². The number of carbonyl (C=O) groups is 2. The van der Waals surface area contributed by atoms with E-state index in [2.05, 4.69) is 34.9 Å². The molecule has 1 fully saturated rings. The number of amides is 1. The smallest absolute Gasteiger partial charge is 0.335 e. The molecule has 5 heteroatoms. The molecule has 0 bridgehead atoms. The van der Waals surface area contributed by atoms with Gasteiger partial charge in [-0.3, -0.25) is 4.79 Å². The highest BCUT2D eigenvalue weighted by Gasteiger charge is 2.15. The van der Waals surface area contributed by atoms with Gasteiger partial charge in [0.2, 0.25) is 0 Å². The van der Waals surface area contributed by atoms with Crippen LogP contribution in [0, 0.1) is 6.92 Å². The van der Waals surface area contributed by atoms with Gasteiger partial charge in [-0.05, 0) is 85.3 Å². The summed E-state index contributed by atoms with van der Waals surface area (Å²) in [6.07, 6.45) is 6.59. The Labute approximate surface area is 188 Å². The third-order valence-electron chi connectivity index (χ3n) is 6.12. The Morgan fingerprint density at radius 2 is 1.59 bits per heavy atom. The van der Waals surface area contributed by atoms with Gasteiger partial charge in [0.15, 0.2) is 0 Å². The van der Waals surface area contributed by atoms with Crippen LogP contribution in [0.4, 0.5) is 17.1 Å². The molecule has 0 saturated heterocycles. The van der Waals surface area contributed by atoms with Crippen molar-refractivity contribution in [3.63, 3.8) is 0 Å². The summed E-state index contributed by atoms with van der Waals surface area (Å²) in [5.41, 5.74) is 5.44. The number of hydrogen-bond acceptors (Lipinski definition) is 3. The van der Waals surface area contributed by atoms with Crippen LogP contribution in [0.5, 0.6) is 0 Å². The number of nitrogens with one attached hydrogen (secondary N) is 2. The Kier molecular flexibility index (Phi) is 6.55. The van der Waals surface area contributed by atoms with Gasteiger partial charge >= 0.3 is 5.97 Å². The summed E-state index contributed by atoms with van der Waals surface area (Å²) in [6.45, 7) is 1.96. The summed E-state index contributed by atoms with van der Waals surface area (Å²) < 4.78 is 0. The lowest BCUT2D eigenvalue weighted by molar-refractivity contribution is 0.0696. The molecule has 0 spiro atoms. The van der Waals surface area contributed by atoms with Crippen LogP contribution in [0.25, 0.3) is 0 Å². The van der Waals surface area contributed by atoms with Crippen LogP contribution in [0.15, 0.2) is 66.7 Å². The molecule has 0 heterocycles. The molecule has 1 aliphatic rings. The van der Waals surface area contributed by atoms with Gasteiger partial charge in [0.25, 0.3) is 5.91 Å². The molecular weight excluding hydrogens is 400 g/mol. The molecule has 4 rings (SSSR count). The van der Waals surface area contributed by atoms with E-state index in [0.717, 1.165) is 16.9 Å². The lowest BCUT2D eigenvalue weighted by Gasteiger charge is -2.22. The van der Waals surface area contributed by atoms with Crippen molar-refractivity contribution in [2.75, 3.05) is 10.6 Å². The van der Waals surface area contributed by atoms with E-state index in [1.165, 1.54) is 49.8 Å². The Morgan fingerprint density at radius 1 is 0.844 bits per heavy atom. The minimum Gasteiger partial charge on any atom is -0.478 e. The van der Waals surface area contributed by atoms with Crippen molar-refractivity contribution in [1.29, 1.82) is 0 Å². The molecule has 0 atom stereocenters. The Morgan fingerprint density at radius 3 is 2.28 bits per heavy atom. The van der Waals surface area contributed by atoms with Crippen LogP contribution >= 0.6 is 0 Å². The Bertz CT molecular complexity index is 1120. The van der Waals surface area contributed by atoms with E-state index >= 15 is 0 Å². The summed E-state index contributed by atoms with van der Waals surface area (Å²) in [7, 11) is 0. The summed E-state index contributed by atoms with van der Waals surface area (Å²) in [5, 5.41) is 15.3. The van der Waals surface area contributed by atoms with Crippen molar-refractivity contribution in [1.82, 2.24) is 0 Å². The molecular formula is C27H28N2O3. The highest BCUT2D eigenvalue weighted by Crippen LogP contribution is 2.33. The molecule has 5 nitrogen and oxygen atoms in total. The zero-order valence-electron chi connectivity index (χ0n) is 18.2. The average molecular weight is 429 g/mol. The fourth-order valence-electron chi connectivity index (χ4n) is 4.31. The van der Waals surface area contributed by atoms with Crippen LogP contribution in [0.1, 0.15) is 69.9 Å². The van der Waals surface area contributed by atoms with Gasteiger partial charge < -0.3 is 15.7 Å². The van der Waals surface area contributed by atoms with Gasteiger partial charge in [-0.25, -0.2) is 4.79 Å². The molecule has 3 aromatic carbocycles. The zero-order chi connectivity index (χ0) is 22.5. The Balaban J connectivity index is 1.42. The first-order valence-corrected chi connectivity index (χ1v) is 11.1. The molecule has 3 aromatic rings. The van der Waals surface area contributed by atoms with Gasteiger partial charge in [-0.1, -0.05) is 37.5 Å². The number of aromatic carboxylic acids is 1. The third kappa shape index (κ3) is 5.17. The van der Waals surface area contributed by atoms with E-state index in [9.17, 15) is 9.59 Å². The van der Waals surface area contributed by atoms with E-state index in [1.54, 1.807) is 18.2 Å². The standard InChI is InChI=1S/C27H28N2O3/c1-18-16-21(26(30)29-24-9-5-8-22(17-24)27(31)32)12-15-25(18)28-23-13-10-20(11-14-23)19-6-3-2-4-7-19/h5,8-17,19,28H,2-4,6-7H2,1H3,(H,29,30)(H,31,32). The third-order valence-corrected chi connectivity index (χ3v) is 6.12. The normalized spacial score (nSPS) is 14.0. The molecule has 0 aromatic heterocycles. The lowest BCUT2D eigenvalue weighted by Crippen LogP contribution is -2.13. The number of aryl methyl sites for hydroxylation is 1. The van der Waals surface area contributed by atoms with Crippen molar-refractivity contribution in [2.24, 2.45) is 0 Å². The lowest BCUT2D eigenvalue weighted by atomic mass is 9.84. The number of carbonyl (C=O) groups excluding carboxylic acids is 1. The van der Waals surface area contributed by atoms with Crippen LogP contribution in [-0.4, -0.2) is 17.0 Å². The van der Waals surface area contributed by atoms with Crippen LogP contribution in [0.2, 0.25) is 0 Å². The molecule has 3 N–H and O–H groups in total. The minimum absolute atomic E-state index is 0.132. The summed E-state index contributed by atoms with van der Waals surface area (Å²) >= 11 is 0. The predicted molar refractivity (Wildman–Crippen MR) is 128 cm³/mol. The van der Waals surface area contributed by atoms with Gasteiger partial charge in [0.1, 0.15) is 0 Å². The predicted octanol–water partition coefficient (Wildman–Crippen LogP) is 6.74. The van der Waals surface area contributed by atoms with Crippen molar-refractivity contribution in [2.45, 2.75) is 44.9 Å². The van der Waals surface area contributed by atoms with Crippen LogP contribution in [-0.2, 0) is 0 Å². The molecule has 1 aliphatic carbocycles. The molecule has 1 saturated carbocycles. The molecule has 0 unspecified atom stereocenters.